The summed E-state index contributed by atoms with van der Waals surface area (Å²) in [6.07, 6.45) is 39.2. The third-order valence-corrected chi connectivity index (χ3v) is 7.25. The van der Waals surface area contributed by atoms with Gasteiger partial charge in [-0.15, -0.1) is 0 Å². The molecule has 0 saturated heterocycles. The molecule has 0 aliphatic carbocycles. The van der Waals surface area contributed by atoms with Crippen LogP contribution in [0.15, 0.2) is 0 Å². The average molecular weight is 483 g/mol. The lowest BCUT2D eigenvalue weighted by Crippen LogP contribution is -1.99. The van der Waals surface area contributed by atoms with Crippen LogP contribution in [0.25, 0.3) is 0 Å². The summed E-state index contributed by atoms with van der Waals surface area (Å²) in [6.45, 7) is 6.14. The molecule has 0 radical (unpaired) electrons. The number of unbranched alkanes of at least 4 members (excludes halogenated alkanes) is 26. The molecule has 0 aliphatic rings. The van der Waals surface area contributed by atoms with Gasteiger partial charge in [-0.3, -0.25) is 0 Å². The molecule has 0 amide bonds. The molecule has 0 fully saturated rings. The Morgan fingerprint density at radius 1 is 0.235 bits per heavy atom. The Bertz CT molecular complexity index is 299. The summed E-state index contributed by atoms with van der Waals surface area (Å²) in [4.78, 5) is 10.7. The quantitative estimate of drug-likeness (QED) is 0.0555. The molecule has 0 atom stereocenters. The van der Waals surface area contributed by atoms with Gasteiger partial charge in [-0.05, 0) is 12.8 Å². The first-order valence-electron chi connectivity index (χ1n) is 16.2. The first kappa shape index (κ1) is 33.9. The Kier molecular flexibility index (Phi) is 32.8. The van der Waals surface area contributed by atoms with Gasteiger partial charge in [0.15, 0.2) is 0 Å². The van der Waals surface area contributed by atoms with Gasteiger partial charge in [0.05, 0.1) is 13.2 Å². The van der Waals surface area contributed by atoms with Crippen LogP contribution in [0.1, 0.15) is 194 Å². The van der Waals surface area contributed by atoms with Crippen molar-refractivity contribution in [2.45, 2.75) is 194 Å². The fourth-order valence-corrected chi connectivity index (χ4v) is 4.83. The molecule has 206 valence electrons. The second kappa shape index (κ2) is 32.9. The normalized spacial score (nSPS) is 11.5. The van der Waals surface area contributed by atoms with Crippen LogP contribution in [0.2, 0.25) is 0 Å². The van der Waals surface area contributed by atoms with Crippen LogP contribution >= 0.6 is 0 Å². The molecule has 0 aromatic carbocycles. The summed E-state index contributed by atoms with van der Waals surface area (Å²) in [5.41, 5.74) is 0. The van der Waals surface area contributed by atoms with Gasteiger partial charge in [0.2, 0.25) is 0 Å². The Morgan fingerprint density at radius 2 is 0.412 bits per heavy atom. The molecule has 0 rings (SSSR count). The molecule has 0 spiro atoms. The van der Waals surface area contributed by atoms with Gasteiger partial charge in [0.25, 0.3) is 0 Å². The lowest BCUT2D eigenvalue weighted by Gasteiger charge is -2.05. The molecule has 0 aromatic heterocycles. The van der Waals surface area contributed by atoms with Crippen LogP contribution in [0.4, 0.5) is 0 Å². The zero-order valence-corrected chi connectivity index (χ0v) is 24.0. The van der Waals surface area contributed by atoms with Crippen molar-refractivity contribution in [1.29, 1.82) is 0 Å². The topological polar surface area (TPSA) is 18.5 Å². The van der Waals surface area contributed by atoms with E-state index in [4.69, 9.17) is 9.78 Å². The minimum Gasteiger partial charge on any atom is -0.237 e. The predicted octanol–water partition coefficient (Wildman–Crippen LogP) is 11.9. The zero-order chi connectivity index (χ0) is 24.6. The number of hydrogen-bond donors (Lipinski definition) is 0. The second-order valence-electron chi connectivity index (χ2n) is 10.8. The molecule has 0 aliphatic heterocycles. The van der Waals surface area contributed by atoms with E-state index in [2.05, 4.69) is 13.8 Å². The van der Waals surface area contributed by atoms with Crippen LogP contribution in [0.3, 0.4) is 0 Å². The van der Waals surface area contributed by atoms with E-state index in [0.29, 0.717) is 0 Å². The van der Waals surface area contributed by atoms with E-state index in [1.807, 2.05) is 0 Å². The highest BCUT2D eigenvalue weighted by atomic mass is 17.2. The Balaban J connectivity index is 2.99. The maximum Gasteiger partial charge on any atom is 0.0822 e. The molecule has 2 nitrogen and oxygen atoms in total. The van der Waals surface area contributed by atoms with E-state index in [1.165, 1.54) is 167 Å². The first-order chi connectivity index (χ1) is 16.9. The third-order valence-electron chi connectivity index (χ3n) is 7.25. The van der Waals surface area contributed by atoms with Gasteiger partial charge >= 0.3 is 0 Å². The van der Waals surface area contributed by atoms with E-state index in [1.54, 1.807) is 0 Å². The molecule has 0 bridgehead atoms. The molecule has 0 saturated carbocycles. The van der Waals surface area contributed by atoms with Crippen LogP contribution in [0.5, 0.6) is 0 Å². The Hall–Kier alpha value is -0.0800. The van der Waals surface area contributed by atoms with Gasteiger partial charge in [-0.25, -0.2) is 9.78 Å². The van der Waals surface area contributed by atoms with Crippen molar-refractivity contribution in [3.63, 3.8) is 0 Å². The summed E-state index contributed by atoms with van der Waals surface area (Å²) in [5, 5.41) is 0. The summed E-state index contributed by atoms with van der Waals surface area (Å²) in [5.74, 6) is 0. The summed E-state index contributed by atoms with van der Waals surface area (Å²) >= 11 is 0. The number of rotatable bonds is 31. The minimum atomic E-state index is 0.774. The van der Waals surface area contributed by atoms with Crippen molar-refractivity contribution < 1.29 is 9.78 Å². The van der Waals surface area contributed by atoms with Crippen LogP contribution in [0, 0.1) is 0 Å². The average Bonchev–Trinajstić information content (AvgIpc) is 2.85. The SMILES string of the molecule is CCCCCCCCCCCCCCCCOOCCCCCCCCCCCCCCCC. The molecule has 0 unspecified atom stereocenters. The van der Waals surface area contributed by atoms with Crippen molar-refractivity contribution in [3.05, 3.63) is 0 Å². The van der Waals surface area contributed by atoms with Crippen molar-refractivity contribution in [2.24, 2.45) is 0 Å². The van der Waals surface area contributed by atoms with Crippen molar-refractivity contribution in [3.8, 4) is 0 Å². The molecule has 0 aromatic rings. The summed E-state index contributed by atoms with van der Waals surface area (Å²) < 4.78 is 0. The highest BCUT2D eigenvalue weighted by molar-refractivity contribution is 4.50. The van der Waals surface area contributed by atoms with E-state index >= 15 is 0 Å². The van der Waals surface area contributed by atoms with E-state index in [9.17, 15) is 0 Å². The highest BCUT2D eigenvalue weighted by Gasteiger charge is 1.97. The molecular weight excluding hydrogens is 416 g/mol. The standard InChI is InChI=1S/C32H66O2/c1-3-5-7-9-11-13-15-17-19-21-23-25-27-29-31-33-34-32-30-28-26-24-22-20-18-16-14-12-10-8-6-4-2/h3-32H2,1-2H3. The molecule has 0 heterocycles. The summed E-state index contributed by atoms with van der Waals surface area (Å²) in [6, 6.07) is 0. The number of hydrogen-bond acceptors (Lipinski definition) is 2. The third kappa shape index (κ3) is 31.9. The second-order valence-corrected chi connectivity index (χ2v) is 10.8. The van der Waals surface area contributed by atoms with Gasteiger partial charge in [-0.1, -0.05) is 181 Å². The Labute approximate surface area is 216 Å². The lowest BCUT2D eigenvalue weighted by molar-refractivity contribution is -0.295. The van der Waals surface area contributed by atoms with E-state index in [0.717, 1.165) is 26.1 Å². The highest BCUT2D eigenvalue weighted by Crippen LogP contribution is 2.14. The molecule has 34 heavy (non-hydrogen) atoms. The lowest BCUT2D eigenvalue weighted by atomic mass is 10.0. The van der Waals surface area contributed by atoms with E-state index in [-0.39, 0.29) is 0 Å². The molecule has 0 N–H and O–H groups in total. The first-order valence-corrected chi connectivity index (χ1v) is 16.2. The largest absolute Gasteiger partial charge is 0.237 e. The van der Waals surface area contributed by atoms with Crippen molar-refractivity contribution in [1.82, 2.24) is 0 Å². The van der Waals surface area contributed by atoms with Crippen molar-refractivity contribution >= 4 is 0 Å². The fraction of sp³-hybridized carbons (Fsp3) is 1.00. The molecule has 2 heteroatoms. The van der Waals surface area contributed by atoms with Gasteiger partial charge < -0.3 is 0 Å². The van der Waals surface area contributed by atoms with Crippen LogP contribution in [-0.2, 0) is 9.78 Å². The molecular formula is C32H66O2. The van der Waals surface area contributed by atoms with Crippen LogP contribution < -0.4 is 0 Å². The monoisotopic (exact) mass is 483 g/mol. The Morgan fingerprint density at radius 3 is 0.618 bits per heavy atom. The van der Waals surface area contributed by atoms with Gasteiger partial charge in [0, 0.05) is 0 Å². The predicted molar refractivity (Wildman–Crippen MR) is 153 cm³/mol. The maximum absolute atomic E-state index is 5.35. The zero-order valence-electron chi connectivity index (χ0n) is 24.0. The van der Waals surface area contributed by atoms with Gasteiger partial charge in [0.1, 0.15) is 0 Å². The maximum atomic E-state index is 5.35. The summed E-state index contributed by atoms with van der Waals surface area (Å²) in [7, 11) is 0. The van der Waals surface area contributed by atoms with Crippen LogP contribution in [-0.4, -0.2) is 13.2 Å². The van der Waals surface area contributed by atoms with E-state index < -0.39 is 0 Å². The van der Waals surface area contributed by atoms with Gasteiger partial charge in [-0.2, -0.15) is 0 Å². The minimum absolute atomic E-state index is 0.774. The smallest absolute Gasteiger partial charge is 0.0822 e. The van der Waals surface area contributed by atoms with Crippen molar-refractivity contribution in [2.75, 3.05) is 13.2 Å². The fourth-order valence-electron chi connectivity index (χ4n) is 4.83.